The van der Waals surface area contributed by atoms with Gasteiger partial charge in [-0.2, -0.15) is 8.78 Å². The van der Waals surface area contributed by atoms with Gasteiger partial charge in [0, 0.05) is 11.9 Å². The van der Waals surface area contributed by atoms with Crippen LogP contribution in [-0.2, 0) is 6.54 Å². The maximum absolute atomic E-state index is 12.0. The molecule has 0 fully saturated rings. The van der Waals surface area contributed by atoms with Crippen molar-refractivity contribution < 1.29 is 23.4 Å². The number of hydrogen-bond acceptors (Lipinski definition) is 5. The highest BCUT2D eigenvalue weighted by Crippen LogP contribution is 2.18. The molecule has 0 amide bonds. The van der Waals surface area contributed by atoms with E-state index in [1.165, 1.54) is 24.7 Å². The topological polar surface area (TPSA) is 84.3 Å². The van der Waals surface area contributed by atoms with Gasteiger partial charge in [-0.1, -0.05) is 0 Å². The van der Waals surface area contributed by atoms with Crippen LogP contribution in [0.3, 0.4) is 0 Å². The van der Waals surface area contributed by atoms with Crippen LogP contribution in [0.2, 0.25) is 0 Å². The monoisotopic (exact) mass is 295 g/mol. The van der Waals surface area contributed by atoms with Gasteiger partial charge in [-0.15, -0.1) is 0 Å². The van der Waals surface area contributed by atoms with Crippen LogP contribution in [0.15, 0.2) is 36.8 Å². The fourth-order valence-electron chi connectivity index (χ4n) is 1.61. The maximum Gasteiger partial charge on any atom is 0.387 e. The first kappa shape index (κ1) is 14.6. The Bertz CT molecular complexity index is 620. The van der Waals surface area contributed by atoms with E-state index < -0.39 is 12.6 Å². The molecule has 110 valence electrons. The minimum absolute atomic E-state index is 0.00246. The van der Waals surface area contributed by atoms with Crippen molar-refractivity contribution in [1.82, 2.24) is 9.97 Å². The summed E-state index contributed by atoms with van der Waals surface area (Å²) in [5.74, 6) is -1.07. The number of alkyl halides is 2. The van der Waals surface area contributed by atoms with Crippen LogP contribution in [-0.4, -0.2) is 27.7 Å². The van der Waals surface area contributed by atoms with Gasteiger partial charge < -0.3 is 15.2 Å². The summed E-state index contributed by atoms with van der Waals surface area (Å²) in [6.45, 7) is -2.71. The Morgan fingerprint density at radius 1 is 1.33 bits per heavy atom. The van der Waals surface area contributed by atoms with E-state index in [0.29, 0.717) is 11.4 Å². The predicted octanol–water partition coefficient (Wildman–Crippen LogP) is 2.39. The van der Waals surface area contributed by atoms with Gasteiger partial charge in [0.15, 0.2) is 0 Å². The van der Waals surface area contributed by atoms with Crippen LogP contribution >= 0.6 is 0 Å². The first-order valence-corrected chi connectivity index (χ1v) is 5.87. The second-order valence-corrected chi connectivity index (χ2v) is 3.94. The Balaban J connectivity index is 2.02. The lowest BCUT2D eigenvalue weighted by atomic mass is 10.2. The molecule has 2 N–H and O–H groups in total. The Labute approximate surface area is 118 Å². The van der Waals surface area contributed by atoms with E-state index in [0.717, 1.165) is 0 Å². The van der Waals surface area contributed by atoms with Crippen LogP contribution in [0.25, 0.3) is 0 Å². The molecule has 0 aliphatic rings. The summed E-state index contributed by atoms with van der Waals surface area (Å²) in [6.07, 6.45) is 2.47. The zero-order valence-electron chi connectivity index (χ0n) is 10.7. The normalized spacial score (nSPS) is 10.4. The molecule has 0 unspecified atom stereocenters. The third kappa shape index (κ3) is 4.10. The van der Waals surface area contributed by atoms with Gasteiger partial charge in [-0.05, 0) is 24.3 Å². The molecular weight excluding hydrogens is 284 g/mol. The highest BCUT2D eigenvalue weighted by molar-refractivity contribution is 5.88. The molecular formula is C13H11F2N3O3. The van der Waals surface area contributed by atoms with E-state index in [-0.39, 0.29) is 17.9 Å². The molecule has 0 spiro atoms. The molecule has 1 aromatic carbocycles. The van der Waals surface area contributed by atoms with E-state index in [2.05, 4.69) is 20.0 Å². The molecule has 0 radical (unpaired) electrons. The van der Waals surface area contributed by atoms with Gasteiger partial charge in [0.05, 0.1) is 12.2 Å². The molecule has 21 heavy (non-hydrogen) atoms. The molecule has 2 rings (SSSR count). The van der Waals surface area contributed by atoms with E-state index >= 15 is 0 Å². The molecule has 0 bridgehead atoms. The highest BCUT2D eigenvalue weighted by Gasteiger charge is 2.11. The van der Waals surface area contributed by atoms with Crippen LogP contribution in [0, 0.1) is 0 Å². The summed E-state index contributed by atoms with van der Waals surface area (Å²) in [6, 6.07) is 5.85. The second-order valence-electron chi connectivity index (χ2n) is 3.94. The number of aromatic carboxylic acids is 1. The van der Waals surface area contributed by atoms with Crippen LogP contribution in [0.4, 0.5) is 14.5 Å². The van der Waals surface area contributed by atoms with Gasteiger partial charge in [-0.3, -0.25) is 0 Å². The molecule has 0 aliphatic carbocycles. The van der Waals surface area contributed by atoms with Gasteiger partial charge in [0.25, 0.3) is 0 Å². The van der Waals surface area contributed by atoms with Crippen LogP contribution in [0.1, 0.15) is 16.1 Å². The number of nitrogens with one attached hydrogen (secondary N) is 1. The molecule has 0 saturated heterocycles. The standard InChI is InChI=1S/C13H11F2N3O3/c14-13(15)21-9-3-1-8(2-4-9)17-6-11-10(12(19)20)5-16-7-18-11/h1-5,7,13,17H,6H2,(H,19,20). The lowest BCUT2D eigenvalue weighted by Gasteiger charge is -2.09. The minimum atomic E-state index is -2.87. The Morgan fingerprint density at radius 3 is 2.67 bits per heavy atom. The first-order chi connectivity index (χ1) is 10.1. The molecule has 8 heteroatoms. The van der Waals surface area contributed by atoms with Crippen LogP contribution < -0.4 is 10.1 Å². The highest BCUT2D eigenvalue weighted by atomic mass is 19.3. The van der Waals surface area contributed by atoms with Crippen molar-refractivity contribution in [2.24, 2.45) is 0 Å². The summed E-state index contributed by atoms with van der Waals surface area (Å²) in [5.41, 5.74) is 0.944. The third-order valence-electron chi connectivity index (χ3n) is 2.56. The molecule has 0 aliphatic heterocycles. The number of anilines is 1. The van der Waals surface area contributed by atoms with Crippen LogP contribution in [0.5, 0.6) is 5.75 Å². The molecule has 6 nitrogen and oxygen atoms in total. The Morgan fingerprint density at radius 2 is 2.05 bits per heavy atom. The summed E-state index contributed by atoms with van der Waals surface area (Å²) in [4.78, 5) is 18.5. The Kier molecular flexibility index (Phi) is 4.60. The van der Waals surface area contributed by atoms with E-state index in [1.54, 1.807) is 12.1 Å². The van der Waals surface area contributed by atoms with Crippen molar-refractivity contribution in [2.75, 3.05) is 5.32 Å². The molecule has 1 heterocycles. The van der Waals surface area contributed by atoms with E-state index in [1.807, 2.05) is 0 Å². The van der Waals surface area contributed by atoms with Gasteiger partial charge >= 0.3 is 12.6 Å². The largest absolute Gasteiger partial charge is 0.478 e. The second kappa shape index (κ2) is 6.60. The smallest absolute Gasteiger partial charge is 0.387 e. The summed E-state index contributed by atoms with van der Waals surface area (Å²) in [5, 5.41) is 11.9. The lowest BCUT2D eigenvalue weighted by Crippen LogP contribution is -2.10. The number of nitrogens with zero attached hydrogens (tertiary/aromatic N) is 2. The van der Waals surface area contributed by atoms with E-state index in [9.17, 15) is 13.6 Å². The quantitative estimate of drug-likeness (QED) is 0.851. The first-order valence-electron chi connectivity index (χ1n) is 5.87. The summed E-state index contributed by atoms with van der Waals surface area (Å²) in [7, 11) is 0. The number of ether oxygens (including phenoxy) is 1. The maximum atomic E-state index is 12.0. The van der Waals surface area contributed by atoms with Crippen molar-refractivity contribution in [3.05, 3.63) is 48.0 Å². The Hall–Kier alpha value is -2.77. The van der Waals surface area contributed by atoms with Gasteiger partial charge in [-0.25, -0.2) is 14.8 Å². The molecule has 0 saturated carbocycles. The lowest BCUT2D eigenvalue weighted by molar-refractivity contribution is -0.0498. The number of aromatic nitrogens is 2. The fraction of sp³-hybridized carbons (Fsp3) is 0.154. The number of carbonyl (C=O) groups is 1. The number of carboxylic acids is 1. The van der Waals surface area contributed by atoms with Crippen molar-refractivity contribution in [2.45, 2.75) is 13.2 Å². The fourth-order valence-corrected chi connectivity index (χ4v) is 1.61. The molecule has 1 aromatic heterocycles. The summed E-state index contributed by atoms with van der Waals surface area (Å²) < 4.78 is 28.2. The van der Waals surface area contributed by atoms with Crippen molar-refractivity contribution in [1.29, 1.82) is 0 Å². The predicted molar refractivity (Wildman–Crippen MR) is 69.4 cm³/mol. The van der Waals surface area contributed by atoms with Crippen molar-refractivity contribution in [3.63, 3.8) is 0 Å². The zero-order chi connectivity index (χ0) is 15.2. The zero-order valence-corrected chi connectivity index (χ0v) is 10.7. The van der Waals surface area contributed by atoms with Gasteiger partial charge in [0.1, 0.15) is 17.6 Å². The van der Waals surface area contributed by atoms with Gasteiger partial charge in [0.2, 0.25) is 0 Å². The number of rotatable bonds is 6. The minimum Gasteiger partial charge on any atom is -0.478 e. The van der Waals surface area contributed by atoms with E-state index in [4.69, 9.17) is 5.11 Å². The number of halogens is 2. The van der Waals surface area contributed by atoms with Crippen molar-refractivity contribution in [3.8, 4) is 5.75 Å². The average molecular weight is 295 g/mol. The summed E-state index contributed by atoms with van der Waals surface area (Å²) >= 11 is 0. The number of hydrogen-bond donors (Lipinski definition) is 2. The molecule has 0 atom stereocenters. The number of carboxylic acid groups (broad SMARTS) is 1. The van der Waals surface area contributed by atoms with Crippen molar-refractivity contribution >= 4 is 11.7 Å². The third-order valence-corrected chi connectivity index (χ3v) is 2.56. The number of benzene rings is 1. The average Bonchev–Trinajstić information content (AvgIpc) is 2.46. The SMILES string of the molecule is O=C(O)c1cncnc1CNc1ccc(OC(F)F)cc1. The molecule has 2 aromatic rings.